The summed E-state index contributed by atoms with van der Waals surface area (Å²) in [6.07, 6.45) is 0.880. The van der Waals surface area contributed by atoms with Gasteiger partial charge in [0.1, 0.15) is 5.75 Å². The number of carboxylic acids is 1. The second-order valence-electron chi connectivity index (χ2n) is 4.23. The fourth-order valence-electron chi connectivity index (χ4n) is 1.84. The van der Waals surface area contributed by atoms with Crippen molar-refractivity contribution in [2.24, 2.45) is 0 Å². The molecule has 19 heavy (non-hydrogen) atoms. The molecule has 0 heterocycles. The molecular formula is C16H16O3. The molecule has 0 atom stereocenters. The average molecular weight is 256 g/mol. The van der Waals surface area contributed by atoms with Gasteiger partial charge < -0.3 is 9.84 Å². The van der Waals surface area contributed by atoms with E-state index in [1.807, 2.05) is 37.3 Å². The molecule has 0 aliphatic rings. The third kappa shape index (κ3) is 3.13. The highest BCUT2D eigenvalue weighted by Gasteiger charge is 2.10. The van der Waals surface area contributed by atoms with Gasteiger partial charge in [0.2, 0.25) is 0 Å². The van der Waals surface area contributed by atoms with Crippen molar-refractivity contribution in [3.63, 3.8) is 0 Å². The Kier molecular flexibility index (Phi) is 4.18. The maximum atomic E-state index is 11.0. The predicted octanol–water partition coefficient (Wildman–Crippen LogP) is 3.84. The largest absolute Gasteiger partial charge is 0.493 e. The lowest BCUT2D eigenvalue weighted by Crippen LogP contribution is -2.01. The van der Waals surface area contributed by atoms with Gasteiger partial charge in [0, 0.05) is 5.56 Å². The molecule has 2 aromatic carbocycles. The highest BCUT2D eigenvalue weighted by Crippen LogP contribution is 2.31. The van der Waals surface area contributed by atoms with E-state index in [2.05, 4.69) is 0 Å². The summed E-state index contributed by atoms with van der Waals surface area (Å²) in [7, 11) is 0. The molecule has 0 aliphatic carbocycles. The molecular weight excluding hydrogens is 240 g/mol. The Hall–Kier alpha value is -2.29. The van der Waals surface area contributed by atoms with E-state index >= 15 is 0 Å². The molecule has 0 aromatic heterocycles. The van der Waals surface area contributed by atoms with Crippen molar-refractivity contribution in [3.8, 4) is 16.9 Å². The van der Waals surface area contributed by atoms with E-state index in [9.17, 15) is 4.79 Å². The van der Waals surface area contributed by atoms with Crippen LogP contribution in [0.3, 0.4) is 0 Å². The average Bonchev–Trinajstić information content (AvgIpc) is 2.45. The van der Waals surface area contributed by atoms with E-state index in [1.54, 1.807) is 18.2 Å². The van der Waals surface area contributed by atoms with Crippen molar-refractivity contribution in [1.29, 1.82) is 0 Å². The fourth-order valence-corrected chi connectivity index (χ4v) is 1.84. The van der Waals surface area contributed by atoms with Crippen molar-refractivity contribution in [1.82, 2.24) is 0 Å². The Morgan fingerprint density at radius 1 is 1.16 bits per heavy atom. The van der Waals surface area contributed by atoms with Gasteiger partial charge >= 0.3 is 5.97 Å². The summed E-state index contributed by atoms with van der Waals surface area (Å²) >= 11 is 0. The molecule has 2 rings (SSSR count). The van der Waals surface area contributed by atoms with Gasteiger partial charge in [-0.1, -0.05) is 37.3 Å². The number of rotatable bonds is 5. The standard InChI is InChI=1S/C16H16O3/c1-2-10-19-15-11-13(16(17)18)8-9-14(15)12-6-4-3-5-7-12/h3-9,11H,2,10H2,1H3,(H,17,18). The Balaban J connectivity index is 2.44. The number of carbonyl (C=O) groups is 1. The lowest BCUT2D eigenvalue weighted by atomic mass is 10.0. The summed E-state index contributed by atoms with van der Waals surface area (Å²) in [6, 6.07) is 14.8. The van der Waals surface area contributed by atoms with Crippen LogP contribution in [-0.4, -0.2) is 17.7 Å². The maximum absolute atomic E-state index is 11.0. The summed E-state index contributed by atoms with van der Waals surface area (Å²) < 4.78 is 5.67. The monoisotopic (exact) mass is 256 g/mol. The van der Waals surface area contributed by atoms with E-state index in [0.29, 0.717) is 12.4 Å². The van der Waals surface area contributed by atoms with Crippen molar-refractivity contribution < 1.29 is 14.6 Å². The quantitative estimate of drug-likeness (QED) is 0.884. The number of aromatic carboxylic acids is 1. The van der Waals surface area contributed by atoms with E-state index in [-0.39, 0.29) is 5.56 Å². The topological polar surface area (TPSA) is 46.5 Å². The van der Waals surface area contributed by atoms with Crippen LogP contribution in [0.1, 0.15) is 23.7 Å². The molecule has 0 unspecified atom stereocenters. The van der Waals surface area contributed by atoms with Crippen molar-refractivity contribution in [3.05, 3.63) is 54.1 Å². The van der Waals surface area contributed by atoms with Crippen LogP contribution in [0.5, 0.6) is 5.75 Å². The third-order valence-corrected chi connectivity index (χ3v) is 2.78. The first kappa shape index (κ1) is 13.1. The van der Waals surface area contributed by atoms with Crippen molar-refractivity contribution in [2.45, 2.75) is 13.3 Å². The summed E-state index contributed by atoms with van der Waals surface area (Å²) in [6.45, 7) is 2.59. The van der Waals surface area contributed by atoms with Crippen LogP contribution < -0.4 is 4.74 Å². The normalized spacial score (nSPS) is 10.2. The first-order chi connectivity index (χ1) is 9.22. The molecule has 0 spiro atoms. The van der Waals surface area contributed by atoms with Crippen LogP contribution in [0, 0.1) is 0 Å². The Labute approximate surface area is 112 Å². The SMILES string of the molecule is CCCOc1cc(C(=O)O)ccc1-c1ccccc1. The zero-order valence-electron chi connectivity index (χ0n) is 10.8. The summed E-state index contributed by atoms with van der Waals surface area (Å²) in [5.74, 6) is -0.325. The number of benzene rings is 2. The number of ether oxygens (including phenoxy) is 1. The lowest BCUT2D eigenvalue weighted by molar-refractivity contribution is 0.0696. The second-order valence-corrected chi connectivity index (χ2v) is 4.23. The predicted molar refractivity (Wildman–Crippen MR) is 74.6 cm³/mol. The van der Waals surface area contributed by atoms with Gasteiger partial charge in [0.15, 0.2) is 0 Å². The van der Waals surface area contributed by atoms with E-state index in [4.69, 9.17) is 9.84 Å². The van der Waals surface area contributed by atoms with Crippen LogP contribution in [0.4, 0.5) is 0 Å². The molecule has 3 nitrogen and oxygen atoms in total. The first-order valence-electron chi connectivity index (χ1n) is 6.28. The number of hydrogen-bond acceptors (Lipinski definition) is 2. The summed E-state index contributed by atoms with van der Waals surface area (Å²) in [4.78, 5) is 11.0. The van der Waals surface area contributed by atoms with Crippen LogP contribution in [0.2, 0.25) is 0 Å². The molecule has 1 N–H and O–H groups in total. The zero-order valence-corrected chi connectivity index (χ0v) is 10.8. The summed E-state index contributed by atoms with van der Waals surface area (Å²) in [5, 5.41) is 9.04. The highest BCUT2D eigenvalue weighted by molar-refractivity contribution is 5.89. The van der Waals surface area contributed by atoms with Crippen molar-refractivity contribution in [2.75, 3.05) is 6.61 Å². The lowest BCUT2D eigenvalue weighted by Gasteiger charge is -2.12. The molecule has 98 valence electrons. The minimum Gasteiger partial charge on any atom is -0.493 e. The molecule has 0 aliphatic heterocycles. The van der Waals surface area contributed by atoms with Crippen LogP contribution in [-0.2, 0) is 0 Å². The van der Waals surface area contributed by atoms with Gasteiger partial charge in [-0.05, 0) is 30.2 Å². The minimum absolute atomic E-state index is 0.241. The van der Waals surface area contributed by atoms with Gasteiger partial charge in [0.25, 0.3) is 0 Å². The fraction of sp³-hybridized carbons (Fsp3) is 0.188. The Morgan fingerprint density at radius 3 is 2.53 bits per heavy atom. The van der Waals surface area contributed by atoms with Crippen LogP contribution in [0.15, 0.2) is 48.5 Å². The van der Waals surface area contributed by atoms with Crippen molar-refractivity contribution >= 4 is 5.97 Å². The van der Waals surface area contributed by atoms with Gasteiger partial charge in [-0.3, -0.25) is 0 Å². The van der Waals surface area contributed by atoms with Gasteiger partial charge in [0.05, 0.1) is 12.2 Å². The van der Waals surface area contributed by atoms with Crippen LogP contribution in [0.25, 0.3) is 11.1 Å². The van der Waals surface area contributed by atoms with Gasteiger partial charge in [-0.25, -0.2) is 4.79 Å². The van der Waals surface area contributed by atoms with E-state index < -0.39 is 5.97 Å². The number of carboxylic acid groups (broad SMARTS) is 1. The second kappa shape index (κ2) is 6.05. The van der Waals surface area contributed by atoms with Gasteiger partial charge in [-0.15, -0.1) is 0 Å². The first-order valence-corrected chi connectivity index (χ1v) is 6.28. The Morgan fingerprint density at radius 2 is 1.89 bits per heavy atom. The van der Waals surface area contributed by atoms with Gasteiger partial charge in [-0.2, -0.15) is 0 Å². The molecule has 0 bridgehead atoms. The molecule has 0 fully saturated rings. The highest BCUT2D eigenvalue weighted by atomic mass is 16.5. The van der Waals surface area contributed by atoms with E-state index in [1.165, 1.54) is 0 Å². The molecule has 2 aromatic rings. The molecule has 0 saturated carbocycles. The molecule has 0 amide bonds. The Bertz CT molecular complexity index is 561. The molecule has 0 saturated heterocycles. The smallest absolute Gasteiger partial charge is 0.335 e. The maximum Gasteiger partial charge on any atom is 0.335 e. The minimum atomic E-state index is -0.944. The third-order valence-electron chi connectivity index (χ3n) is 2.78. The van der Waals surface area contributed by atoms with E-state index in [0.717, 1.165) is 17.5 Å². The summed E-state index contributed by atoms with van der Waals surface area (Å²) in [5.41, 5.74) is 2.18. The number of hydrogen-bond donors (Lipinski definition) is 1. The molecule has 0 radical (unpaired) electrons. The van der Waals surface area contributed by atoms with Crippen LogP contribution >= 0.6 is 0 Å². The zero-order chi connectivity index (χ0) is 13.7. The molecule has 3 heteroatoms.